The molecule has 3 N–H and O–H groups in total. The SMILES string of the molecule is CSCCC(NC(=O)c1cccc(-c2cc(O)c3ncccc3c2)c1)C(=O)NCCc1ccc2ccccc2c1. The quantitative estimate of drug-likeness (QED) is 0.200. The number of phenols is 1. The van der Waals surface area contributed by atoms with Crippen LogP contribution in [0, 0.1) is 0 Å². The summed E-state index contributed by atoms with van der Waals surface area (Å²) in [6.07, 6.45) is 4.85. The number of hydrogen-bond donors (Lipinski definition) is 3. The number of amides is 2. The second kappa shape index (κ2) is 12.7. The minimum atomic E-state index is -0.643. The fraction of sp³-hybridized carbons (Fsp3) is 0.182. The van der Waals surface area contributed by atoms with Gasteiger partial charge in [-0.1, -0.05) is 60.7 Å². The van der Waals surface area contributed by atoms with Crippen molar-refractivity contribution in [1.82, 2.24) is 15.6 Å². The molecule has 0 bridgehead atoms. The fourth-order valence-corrected chi connectivity index (χ4v) is 5.24. The summed E-state index contributed by atoms with van der Waals surface area (Å²) in [6, 6.07) is 28.4. The number of phenolic OH excluding ortho intramolecular Hbond substituents is 1. The van der Waals surface area contributed by atoms with Crippen LogP contribution in [-0.2, 0) is 11.2 Å². The molecule has 2 amide bonds. The number of pyridine rings is 1. The number of rotatable bonds is 10. The Labute approximate surface area is 237 Å². The summed E-state index contributed by atoms with van der Waals surface area (Å²) in [5.41, 5.74) is 3.69. The van der Waals surface area contributed by atoms with Crippen molar-refractivity contribution in [3.8, 4) is 16.9 Å². The van der Waals surface area contributed by atoms with Gasteiger partial charge in [-0.15, -0.1) is 0 Å². The highest BCUT2D eigenvalue weighted by Crippen LogP contribution is 2.31. The first-order valence-corrected chi connectivity index (χ1v) is 14.6. The zero-order chi connectivity index (χ0) is 27.9. The predicted molar refractivity (Wildman–Crippen MR) is 164 cm³/mol. The molecule has 0 radical (unpaired) electrons. The molecule has 0 saturated carbocycles. The third-order valence-corrected chi connectivity index (χ3v) is 7.55. The number of aromatic hydroxyl groups is 1. The van der Waals surface area contributed by atoms with Gasteiger partial charge in [0.25, 0.3) is 5.91 Å². The minimum absolute atomic E-state index is 0.0837. The molecule has 1 atom stereocenters. The molecule has 1 aromatic heterocycles. The predicted octanol–water partition coefficient (Wildman–Crippen LogP) is 5.97. The second-order valence-corrected chi connectivity index (χ2v) is 10.7. The Bertz CT molecular complexity index is 1670. The number of thioether (sulfide) groups is 1. The molecule has 7 heteroatoms. The van der Waals surface area contributed by atoms with E-state index in [-0.39, 0.29) is 17.6 Å². The maximum Gasteiger partial charge on any atom is 0.251 e. The summed E-state index contributed by atoms with van der Waals surface area (Å²) in [7, 11) is 0. The van der Waals surface area contributed by atoms with E-state index in [9.17, 15) is 14.7 Å². The molecule has 4 aromatic carbocycles. The smallest absolute Gasteiger partial charge is 0.251 e. The van der Waals surface area contributed by atoms with E-state index in [0.29, 0.717) is 30.5 Å². The number of nitrogens with zero attached hydrogens (tertiary/aromatic N) is 1. The van der Waals surface area contributed by atoms with Crippen LogP contribution < -0.4 is 10.6 Å². The van der Waals surface area contributed by atoms with Crippen LogP contribution in [0.3, 0.4) is 0 Å². The van der Waals surface area contributed by atoms with Crippen molar-refractivity contribution >= 4 is 45.3 Å². The summed E-state index contributed by atoms with van der Waals surface area (Å²) >= 11 is 1.63. The van der Waals surface area contributed by atoms with Crippen molar-refractivity contribution < 1.29 is 14.7 Å². The van der Waals surface area contributed by atoms with E-state index in [4.69, 9.17) is 0 Å². The first-order valence-electron chi connectivity index (χ1n) is 13.3. The van der Waals surface area contributed by atoms with Gasteiger partial charge in [0.05, 0.1) is 0 Å². The van der Waals surface area contributed by atoms with Crippen molar-refractivity contribution in [1.29, 1.82) is 0 Å². The molecule has 202 valence electrons. The van der Waals surface area contributed by atoms with Crippen LogP contribution in [0.25, 0.3) is 32.8 Å². The Kier molecular flexibility index (Phi) is 8.62. The third-order valence-electron chi connectivity index (χ3n) is 6.90. The molecule has 0 aliphatic rings. The Morgan fingerprint density at radius 2 is 1.70 bits per heavy atom. The molecular formula is C33H31N3O3S. The Hall–Kier alpha value is -4.36. The van der Waals surface area contributed by atoms with Crippen molar-refractivity contribution in [2.24, 2.45) is 0 Å². The molecule has 5 rings (SSSR count). The van der Waals surface area contributed by atoms with Gasteiger partial charge in [-0.3, -0.25) is 14.6 Å². The summed E-state index contributed by atoms with van der Waals surface area (Å²) in [5, 5.41) is 19.6. The number of fused-ring (bicyclic) bond motifs is 2. The Morgan fingerprint density at radius 3 is 2.55 bits per heavy atom. The van der Waals surface area contributed by atoms with Crippen LogP contribution in [0.5, 0.6) is 5.75 Å². The lowest BCUT2D eigenvalue weighted by molar-refractivity contribution is -0.122. The van der Waals surface area contributed by atoms with Gasteiger partial charge in [0, 0.05) is 23.7 Å². The van der Waals surface area contributed by atoms with Crippen molar-refractivity contribution in [2.45, 2.75) is 18.9 Å². The molecule has 5 aromatic rings. The van der Waals surface area contributed by atoms with Crippen LogP contribution in [-0.4, -0.2) is 46.5 Å². The molecule has 1 heterocycles. The van der Waals surface area contributed by atoms with Crippen LogP contribution in [0.4, 0.5) is 0 Å². The summed E-state index contributed by atoms with van der Waals surface area (Å²) in [6.45, 7) is 0.485. The molecular weight excluding hydrogens is 518 g/mol. The Balaban J connectivity index is 1.25. The van der Waals surface area contributed by atoms with E-state index in [1.807, 2.05) is 42.7 Å². The van der Waals surface area contributed by atoms with Crippen LogP contribution in [0.15, 0.2) is 97.2 Å². The molecule has 0 saturated heterocycles. The lowest BCUT2D eigenvalue weighted by Crippen LogP contribution is -2.47. The normalized spacial score (nSPS) is 11.8. The number of carbonyl (C=O) groups is 2. The minimum Gasteiger partial charge on any atom is -0.506 e. The first-order chi connectivity index (χ1) is 19.5. The average molecular weight is 550 g/mol. The lowest BCUT2D eigenvalue weighted by Gasteiger charge is -2.18. The van der Waals surface area contributed by atoms with Crippen molar-refractivity contribution in [2.75, 3.05) is 18.6 Å². The zero-order valence-corrected chi connectivity index (χ0v) is 23.1. The highest BCUT2D eigenvalue weighted by Gasteiger charge is 2.21. The first kappa shape index (κ1) is 27.2. The molecule has 0 spiro atoms. The van der Waals surface area contributed by atoms with E-state index in [0.717, 1.165) is 27.8 Å². The van der Waals surface area contributed by atoms with E-state index in [1.54, 1.807) is 42.2 Å². The van der Waals surface area contributed by atoms with Crippen molar-refractivity contribution in [3.05, 3.63) is 108 Å². The molecule has 0 aliphatic heterocycles. The summed E-state index contributed by atoms with van der Waals surface area (Å²) in [4.78, 5) is 30.6. The Morgan fingerprint density at radius 1 is 0.875 bits per heavy atom. The standard InChI is InChI=1S/C33H31N3O3S/c1-40-17-14-29(33(39)35-16-13-22-11-12-23-6-2-3-7-24(23)18-22)36-32(38)27-9-4-8-25(19-27)28-20-26-10-5-15-34-31(26)30(37)21-28/h2-12,15,18-21,29,37H,13-14,16-17H2,1H3,(H,35,39)(H,36,38). The van der Waals surface area contributed by atoms with E-state index in [1.165, 1.54) is 10.8 Å². The molecule has 1 unspecified atom stereocenters. The molecule has 0 aliphatic carbocycles. The number of benzene rings is 4. The van der Waals surface area contributed by atoms with Crippen molar-refractivity contribution in [3.63, 3.8) is 0 Å². The lowest BCUT2D eigenvalue weighted by atomic mass is 10.00. The highest BCUT2D eigenvalue weighted by molar-refractivity contribution is 7.98. The number of carbonyl (C=O) groups excluding carboxylic acids is 2. The van der Waals surface area contributed by atoms with E-state index < -0.39 is 6.04 Å². The number of nitrogens with one attached hydrogen (secondary N) is 2. The second-order valence-electron chi connectivity index (χ2n) is 9.68. The maximum absolute atomic E-state index is 13.2. The maximum atomic E-state index is 13.2. The average Bonchev–Trinajstić information content (AvgIpc) is 2.99. The zero-order valence-electron chi connectivity index (χ0n) is 22.3. The van der Waals surface area contributed by atoms with Gasteiger partial charge in [0.15, 0.2) is 0 Å². The van der Waals surface area contributed by atoms with E-state index in [2.05, 4.69) is 45.9 Å². The van der Waals surface area contributed by atoms with E-state index >= 15 is 0 Å². The molecule has 6 nitrogen and oxygen atoms in total. The van der Waals surface area contributed by atoms with Gasteiger partial charge in [-0.05, 0) is 82.6 Å². The van der Waals surface area contributed by atoms with Crippen LogP contribution in [0.2, 0.25) is 0 Å². The summed E-state index contributed by atoms with van der Waals surface area (Å²) in [5.74, 6) is 0.323. The van der Waals surface area contributed by atoms with Gasteiger partial charge in [0.2, 0.25) is 5.91 Å². The van der Waals surface area contributed by atoms with Gasteiger partial charge in [-0.2, -0.15) is 11.8 Å². The van der Waals surface area contributed by atoms with Gasteiger partial charge >= 0.3 is 0 Å². The van der Waals surface area contributed by atoms with Gasteiger partial charge in [0.1, 0.15) is 17.3 Å². The number of hydrogen-bond acceptors (Lipinski definition) is 5. The highest BCUT2D eigenvalue weighted by atomic mass is 32.2. The third kappa shape index (κ3) is 6.43. The van der Waals surface area contributed by atoms with Gasteiger partial charge in [-0.25, -0.2) is 0 Å². The number of aromatic nitrogens is 1. The van der Waals surface area contributed by atoms with Crippen LogP contribution in [0.1, 0.15) is 22.3 Å². The molecule has 40 heavy (non-hydrogen) atoms. The summed E-state index contributed by atoms with van der Waals surface area (Å²) < 4.78 is 0. The molecule has 0 fully saturated rings. The monoisotopic (exact) mass is 549 g/mol. The fourth-order valence-electron chi connectivity index (χ4n) is 4.77. The van der Waals surface area contributed by atoms with Crippen LogP contribution >= 0.6 is 11.8 Å². The largest absolute Gasteiger partial charge is 0.506 e. The van der Waals surface area contributed by atoms with Gasteiger partial charge < -0.3 is 15.7 Å². The topological polar surface area (TPSA) is 91.3 Å².